The van der Waals surface area contributed by atoms with Crippen molar-refractivity contribution in [3.63, 3.8) is 0 Å². The van der Waals surface area contributed by atoms with E-state index in [4.69, 9.17) is 0 Å². The van der Waals surface area contributed by atoms with Gasteiger partial charge in [0.2, 0.25) is 0 Å². The Kier molecular flexibility index (Phi) is 3.32. The van der Waals surface area contributed by atoms with Crippen LogP contribution in [0.25, 0.3) is 5.69 Å². The van der Waals surface area contributed by atoms with Crippen molar-refractivity contribution >= 4 is 6.29 Å². The Morgan fingerprint density at radius 3 is 2.65 bits per heavy atom. The maximum absolute atomic E-state index is 10.9. The molecule has 0 radical (unpaired) electrons. The van der Waals surface area contributed by atoms with Gasteiger partial charge in [0.25, 0.3) is 0 Å². The van der Waals surface area contributed by atoms with Crippen molar-refractivity contribution in [3.8, 4) is 5.69 Å². The molecule has 88 valence electrons. The highest BCUT2D eigenvalue weighted by molar-refractivity contribution is 5.73. The number of hydrogen-bond donors (Lipinski definition) is 0. The molecule has 0 spiro atoms. The van der Waals surface area contributed by atoms with Crippen LogP contribution >= 0.6 is 0 Å². The number of rotatable bonds is 4. The molecule has 0 amide bonds. The van der Waals surface area contributed by atoms with Gasteiger partial charge in [-0.2, -0.15) is 0 Å². The number of aromatic nitrogens is 3. The molecule has 2 rings (SSSR count). The van der Waals surface area contributed by atoms with E-state index in [0.29, 0.717) is 5.69 Å². The standard InChI is InChI=1S/C13H15N3O/c1-3-10-7-5-6-8-13(10)16-12(4-2)11(9-17)14-15-16/h5-9H,3-4H2,1-2H3. The molecule has 0 aliphatic rings. The average Bonchev–Trinajstić information content (AvgIpc) is 2.81. The second-order valence-corrected chi connectivity index (χ2v) is 3.79. The molecule has 1 aromatic carbocycles. The Hall–Kier alpha value is -1.97. The fourth-order valence-electron chi connectivity index (χ4n) is 1.95. The lowest BCUT2D eigenvalue weighted by Gasteiger charge is -2.09. The van der Waals surface area contributed by atoms with Crippen LogP contribution in [0, 0.1) is 0 Å². The van der Waals surface area contributed by atoms with Crippen molar-refractivity contribution in [2.75, 3.05) is 0 Å². The summed E-state index contributed by atoms with van der Waals surface area (Å²) in [6, 6.07) is 8.04. The molecule has 1 aromatic heterocycles. The predicted octanol–water partition coefficient (Wildman–Crippen LogP) is 2.20. The first-order valence-corrected chi connectivity index (χ1v) is 5.79. The largest absolute Gasteiger partial charge is 0.296 e. The molecule has 0 saturated heterocycles. The van der Waals surface area contributed by atoms with E-state index in [-0.39, 0.29) is 0 Å². The van der Waals surface area contributed by atoms with Gasteiger partial charge in [-0.1, -0.05) is 37.3 Å². The third-order valence-corrected chi connectivity index (χ3v) is 2.84. The minimum atomic E-state index is 0.429. The van der Waals surface area contributed by atoms with Crippen LogP contribution in [0.1, 0.15) is 35.6 Å². The summed E-state index contributed by atoms with van der Waals surface area (Å²) in [4.78, 5) is 10.9. The van der Waals surface area contributed by atoms with Gasteiger partial charge in [-0.05, 0) is 24.5 Å². The van der Waals surface area contributed by atoms with Crippen LogP contribution in [0.3, 0.4) is 0 Å². The molecule has 17 heavy (non-hydrogen) atoms. The zero-order chi connectivity index (χ0) is 12.3. The first-order valence-electron chi connectivity index (χ1n) is 5.79. The van der Waals surface area contributed by atoms with Gasteiger partial charge in [-0.3, -0.25) is 4.79 Å². The van der Waals surface area contributed by atoms with Crippen molar-refractivity contribution in [2.45, 2.75) is 26.7 Å². The number of aldehydes is 1. The highest BCUT2D eigenvalue weighted by Gasteiger charge is 2.13. The molecule has 1 heterocycles. The van der Waals surface area contributed by atoms with E-state index >= 15 is 0 Å². The van der Waals surface area contributed by atoms with E-state index in [0.717, 1.165) is 30.5 Å². The summed E-state index contributed by atoms with van der Waals surface area (Å²) in [5, 5.41) is 7.97. The molecular formula is C13H15N3O. The van der Waals surface area contributed by atoms with Gasteiger partial charge >= 0.3 is 0 Å². The van der Waals surface area contributed by atoms with Crippen LogP contribution < -0.4 is 0 Å². The lowest BCUT2D eigenvalue weighted by atomic mass is 10.1. The van der Waals surface area contributed by atoms with Gasteiger partial charge in [0.05, 0.1) is 11.4 Å². The summed E-state index contributed by atoms with van der Waals surface area (Å²) in [5.74, 6) is 0. The summed E-state index contributed by atoms with van der Waals surface area (Å²) in [5.41, 5.74) is 3.50. The van der Waals surface area contributed by atoms with Crippen molar-refractivity contribution in [3.05, 3.63) is 41.2 Å². The second-order valence-electron chi connectivity index (χ2n) is 3.79. The molecule has 4 heteroatoms. The summed E-state index contributed by atoms with van der Waals surface area (Å²) in [6.45, 7) is 4.10. The van der Waals surface area contributed by atoms with Crippen LogP contribution in [0.2, 0.25) is 0 Å². The maximum atomic E-state index is 10.9. The third kappa shape index (κ3) is 1.98. The molecule has 4 nitrogen and oxygen atoms in total. The number of carbonyl (C=O) groups is 1. The molecule has 0 fully saturated rings. The summed E-state index contributed by atoms with van der Waals surface area (Å²) < 4.78 is 1.77. The smallest absolute Gasteiger partial charge is 0.172 e. The van der Waals surface area contributed by atoms with Crippen molar-refractivity contribution < 1.29 is 4.79 Å². The monoisotopic (exact) mass is 229 g/mol. The van der Waals surface area contributed by atoms with Crippen LogP contribution in [0.5, 0.6) is 0 Å². The number of benzene rings is 1. The normalized spacial score (nSPS) is 10.5. The molecule has 0 saturated carbocycles. The van der Waals surface area contributed by atoms with Gasteiger partial charge in [-0.25, -0.2) is 4.68 Å². The Morgan fingerprint density at radius 2 is 2.00 bits per heavy atom. The number of hydrogen-bond acceptors (Lipinski definition) is 3. The summed E-state index contributed by atoms with van der Waals surface area (Å²) >= 11 is 0. The third-order valence-electron chi connectivity index (χ3n) is 2.84. The lowest BCUT2D eigenvalue weighted by Crippen LogP contribution is -2.05. The topological polar surface area (TPSA) is 47.8 Å². The highest BCUT2D eigenvalue weighted by atomic mass is 16.1. The molecule has 0 aliphatic heterocycles. The van der Waals surface area contributed by atoms with Crippen molar-refractivity contribution in [2.24, 2.45) is 0 Å². The maximum Gasteiger partial charge on any atom is 0.172 e. The quantitative estimate of drug-likeness (QED) is 0.755. The van der Waals surface area contributed by atoms with Crippen LogP contribution in [0.4, 0.5) is 0 Å². The number of para-hydroxylation sites is 1. The predicted molar refractivity (Wildman–Crippen MR) is 65.5 cm³/mol. The fourth-order valence-corrected chi connectivity index (χ4v) is 1.95. The molecular weight excluding hydrogens is 214 g/mol. The second kappa shape index (κ2) is 4.91. The summed E-state index contributed by atoms with van der Waals surface area (Å²) in [7, 11) is 0. The number of aryl methyl sites for hydroxylation is 1. The first kappa shape index (κ1) is 11.5. The minimum absolute atomic E-state index is 0.429. The van der Waals surface area contributed by atoms with E-state index in [1.54, 1.807) is 4.68 Å². The van der Waals surface area contributed by atoms with Crippen LogP contribution in [0.15, 0.2) is 24.3 Å². The van der Waals surface area contributed by atoms with Crippen molar-refractivity contribution in [1.82, 2.24) is 15.0 Å². The first-order chi connectivity index (χ1) is 8.31. The van der Waals surface area contributed by atoms with Gasteiger partial charge in [0, 0.05) is 0 Å². The Balaban J connectivity index is 2.60. The van der Waals surface area contributed by atoms with Gasteiger partial charge in [-0.15, -0.1) is 5.10 Å². The zero-order valence-corrected chi connectivity index (χ0v) is 10.1. The Bertz CT molecular complexity index is 531. The SMILES string of the molecule is CCc1ccccc1-n1nnc(C=O)c1CC. The molecule has 0 atom stereocenters. The lowest BCUT2D eigenvalue weighted by molar-refractivity contribution is 0.111. The highest BCUT2D eigenvalue weighted by Crippen LogP contribution is 2.17. The van der Waals surface area contributed by atoms with Gasteiger partial charge in [0.1, 0.15) is 5.69 Å². The molecule has 0 unspecified atom stereocenters. The average molecular weight is 229 g/mol. The van der Waals surface area contributed by atoms with E-state index < -0.39 is 0 Å². The Labute approximate surface area is 100 Å². The number of nitrogens with zero attached hydrogens (tertiary/aromatic N) is 3. The molecule has 0 aliphatic carbocycles. The Morgan fingerprint density at radius 1 is 1.24 bits per heavy atom. The van der Waals surface area contributed by atoms with Gasteiger partial charge < -0.3 is 0 Å². The molecule has 0 bridgehead atoms. The minimum Gasteiger partial charge on any atom is -0.296 e. The summed E-state index contributed by atoms with van der Waals surface area (Å²) in [6.07, 6.45) is 2.42. The van der Waals surface area contributed by atoms with Gasteiger partial charge in [0.15, 0.2) is 6.29 Å². The number of carbonyl (C=O) groups excluding carboxylic acids is 1. The fraction of sp³-hybridized carbons (Fsp3) is 0.308. The van der Waals surface area contributed by atoms with Crippen LogP contribution in [-0.2, 0) is 12.8 Å². The zero-order valence-electron chi connectivity index (χ0n) is 10.1. The van der Waals surface area contributed by atoms with E-state index in [1.807, 2.05) is 25.1 Å². The van der Waals surface area contributed by atoms with Crippen molar-refractivity contribution in [1.29, 1.82) is 0 Å². The molecule has 0 N–H and O–H groups in total. The van der Waals surface area contributed by atoms with E-state index in [1.165, 1.54) is 5.56 Å². The molecule has 2 aromatic rings. The van der Waals surface area contributed by atoms with E-state index in [2.05, 4.69) is 23.3 Å². The van der Waals surface area contributed by atoms with Crippen LogP contribution in [-0.4, -0.2) is 21.3 Å². The van der Waals surface area contributed by atoms with E-state index in [9.17, 15) is 4.79 Å².